The first-order chi connectivity index (χ1) is 12.5. The number of benzene rings is 1. The van der Waals surface area contributed by atoms with Crippen LogP contribution in [0.4, 0.5) is 0 Å². The Hall–Kier alpha value is -1.04. The van der Waals surface area contributed by atoms with Gasteiger partial charge in [0.15, 0.2) is 0 Å². The zero-order valence-corrected chi connectivity index (χ0v) is 16.6. The molecule has 0 aliphatic carbocycles. The van der Waals surface area contributed by atoms with Gasteiger partial charge in [0, 0.05) is 44.2 Å². The van der Waals surface area contributed by atoms with Crippen LogP contribution in [0.15, 0.2) is 18.2 Å². The zero-order chi connectivity index (χ0) is 18.1. The lowest BCUT2D eigenvalue weighted by atomic mass is 9.91. The van der Waals surface area contributed by atoms with Crippen LogP contribution < -0.4 is 0 Å². The van der Waals surface area contributed by atoms with Gasteiger partial charge < -0.3 is 14.4 Å². The smallest absolute Gasteiger partial charge is 0.253 e. The Balaban J connectivity index is 1.26. The van der Waals surface area contributed by atoms with Gasteiger partial charge in [0.05, 0.1) is 10.9 Å². The van der Waals surface area contributed by atoms with Gasteiger partial charge in [0.1, 0.15) is 0 Å². The van der Waals surface area contributed by atoms with Gasteiger partial charge in [-0.2, -0.15) is 0 Å². The third-order valence-corrected chi connectivity index (χ3v) is 7.37. The Morgan fingerprint density at radius 2 is 1.92 bits per heavy atom. The van der Waals surface area contributed by atoms with Crippen molar-refractivity contribution in [1.29, 1.82) is 0 Å². The molecule has 4 rings (SSSR count). The van der Waals surface area contributed by atoms with Gasteiger partial charge in [-0.25, -0.2) is 0 Å². The molecule has 3 aliphatic heterocycles. The van der Waals surface area contributed by atoms with Crippen molar-refractivity contribution >= 4 is 17.7 Å². The van der Waals surface area contributed by atoms with Crippen LogP contribution in [0, 0.1) is 19.8 Å². The molecule has 1 aromatic carbocycles. The predicted molar refractivity (Wildman–Crippen MR) is 105 cm³/mol. The molecule has 0 unspecified atom stereocenters. The second-order valence-corrected chi connectivity index (χ2v) is 9.73. The van der Waals surface area contributed by atoms with Gasteiger partial charge in [0.25, 0.3) is 5.91 Å². The van der Waals surface area contributed by atoms with Gasteiger partial charge in [0.2, 0.25) is 0 Å². The Kier molecular flexibility index (Phi) is 5.31. The van der Waals surface area contributed by atoms with Gasteiger partial charge in [-0.3, -0.25) is 4.79 Å². The molecule has 1 atom stereocenters. The number of amides is 1. The number of carbonyl (C=O) groups is 1. The topological polar surface area (TPSA) is 38.8 Å². The molecule has 4 nitrogen and oxygen atoms in total. The third-order valence-electron chi connectivity index (χ3n) is 5.80. The Labute approximate surface area is 160 Å². The zero-order valence-electron chi connectivity index (χ0n) is 15.8. The molecular formula is C21H29NO3S. The lowest BCUT2D eigenvalue weighted by Gasteiger charge is -2.47. The first-order valence-corrected chi connectivity index (χ1v) is 10.7. The van der Waals surface area contributed by atoms with E-state index in [1.165, 1.54) is 0 Å². The summed E-state index contributed by atoms with van der Waals surface area (Å²) >= 11 is 2.01. The Morgan fingerprint density at radius 3 is 2.62 bits per heavy atom. The van der Waals surface area contributed by atoms with E-state index in [1.54, 1.807) is 0 Å². The van der Waals surface area contributed by atoms with E-state index < -0.39 is 0 Å². The van der Waals surface area contributed by atoms with Crippen LogP contribution in [0.3, 0.4) is 0 Å². The SMILES string of the molecule is Cc1cc(C)cc(C(=O)N2CC3(C[C@@H](OCC4CCOCC4)CS3)C2)c1. The second-order valence-electron chi connectivity index (χ2n) is 8.25. The minimum absolute atomic E-state index is 0.176. The van der Waals surface area contributed by atoms with Crippen molar-refractivity contribution in [3.63, 3.8) is 0 Å². The van der Waals surface area contributed by atoms with Gasteiger partial charge in [-0.1, -0.05) is 17.2 Å². The van der Waals surface area contributed by atoms with Crippen LogP contribution in [0.1, 0.15) is 40.7 Å². The molecule has 3 saturated heterocycles. The number of ether oxygens (including phenoxy) is 2. The van der Waals surface area contributed by atoms with Crippen LogP contribution >= 0.6 is 11.8 Å². The van der Waals surface area contributed by atoms with Crippen molar-refractivity contribution in [2.24, 2.45) is 5.92 Å². The minimum atomic E-state index is 0.176. The number of rotatable bonds is 4. The largest absolute Gasteiger partial charge is 0.381 e. The van der Waals surface area contributed by atoms with Crippen molar-refractivity contribution < 1.29 is 14.3 Å². The molecule has 3 heterocycles. The van der Waals surface area contributed by atoms with E-state index in [0.29, 0.717) is 12.0 Å². The normalized spacial score (nSPS) is 25.5. The molecule has 26 heavy (non-hydrogen) atoms. The molecule has 0 saturated carbocycles. The molecule has 3 aliphatic rings. The highest BCUT2D eigenvalue weighted by molar-refractivity contribution is 8.01. The molecule has 0 N–H and O–H groups in total. The summed E-state index contributed by atoms with van der Waals surface area (Å²) in [6.07, 6.45) is 3.69. The number of likely N-dealkylation sites (tertiary alicyclic amines) is 1. The summed E-state index contributed by atoms with van der Waals surface area (Å²) in [7, 11) is 0. The molecule has 5 heteroatoms. The average molecular weight is 376 g/mol. The first kappa shape index (κ1) is 18.3. The summed E-state index contributed by atoms with van der Waals surface area (Å²) in [6.45, 7) is 8.46. The standard InChI is InChI=1S/C21H29NO3S/c1-15-7-16(2)9-18(8-15)20(23)22-13-21(14-22)10-19(12-26-21)25-11-17-3-5-24-6-4-17/h7-9,17,19H,3-6,10-14H2,1-2H3/t19-/m1/s1. The molecule has 1 aromatic rings. The highest BCUT2D eigenvalue weighted by Crippen LogP contribution is 2.46. The van der Waals surface area contributed by atoms with Crippen LogP contribution in [-0.2, 0) is 9.47 Å². The van der Waals surface area contributed by atoms with Crippen LogP contribution in [-0.4, -0.2) is 60.3 Å². The maximum Gasteiger partial charge on any atom is 0.253 e. The summed E-state index contributed by atoms with van der Waals surface area (Å²) in [5, 5.41) is 0. The molecule has 1 spiro atoms. The molecule has 142 valence electrons. The van der Waals surface area contributed by atoms with Crippen molar-refractivity contribution in [3.8, 4) is 0 Å². The van der Waals surface area contributed by atoms with Crippen LogP contribution in [0.2, 0.25) is 0 Å². The molecule has 0 aromatic heterocycles. The number of hydrogen-bond donors (Lipinski definition) is 0. The Morgan fingerprint density at radius 1 is 1.23 bits per heavy atom. The third kappa shape index (κ3) is 3.95. The van der Waals surface area contributed by atoms with Crippen molar-refractivity contribution in [2.75, 3.05) is 38.7 Å². The maximum absolute atomic E-state index is 12.8. The number of thioether (sulfide) groups is 1. The molecule has 0 bridgehead atoms. The van der Waals surface area contributed by atoms with Crippen LogP contribution in [0.5, 0.6) is 0 Å². The number of hydrogen-bond acceptors (Lipinski definition) is 4. The highest BCUT2D eigenvalue weighted by Gasteiger charge is 2.51. The number of carbonyl (C=O) groups excluding carboxylic acids is 1. The van der Waals surface area contributed by atoms with Crippen LogP contribution in [0.25, 0.3) is 0 Å². The Bertz CT molecular complexity index is 645. The summed E-state index contributed by atoms with van der Waals surface area (Å²) in [4.78, 5) is 14.8. The van der Waals surface area contributed by atoms with Crippen molar-refractivity contribution in [3.05, 3.63) is 34.9 Å². The maximum atomic E-state index is 12.8. The lowest BCUT2D eigenvalue weighted by molar-refractivity contribution is -0.0118. The van der Waals surface area contributed by atoms with Gasteiger partial charge in [-0.15, -0.1) is 11.8 Å². The second kappa shape index (κ2) is 7.53. The van der Waals surface area contributed by atoms with E-state index in [1.807, 2.05) is 28.8 Å². The van der Waals surface area contributed by atoms with E-state index >= 15 is 0 Å². The molecule has 3 fully saturated rings. The highest BCUT2D eigenvalue weighted by atomic mass is 32.2. The van der Waals surface area contributed by atoms with E-state index in [4.69, 9.17) is 9.47 Å². The first-order valence-electron chi connectivity index (χ1n) is 9.74. The fourth-order valence-corrected chi connectivity index (χ4v) is 5.94. The van der Waals surface area contributed by atoms with Crippen molar-refractivity contribution in [1.82, 2.24) is 4.90 Å². The average Bonchev–Trinajstić information content (AvgIpc) is 3.03. The summed E-state index contributed by atoms with van der Waals surface area (Å²) in [5.74, 6) is 1.90. The van der Waals surface area contributed by atoms with E-state index in [2.05, 4.69) is 19.9 Å². The number of aryl methyl sites for hydroxylation is 2. The molecular weight excluding hydrogens is 346 g/mol. The lowest BCUT2D eigenvalue weighted by Crippen LogP contribution is -2.60. The monoisotopic (exact) mass is 375 g/mol. The fraction of sp³-hybridized carbons (Fsp3) is 0.667. The predicted octanol–water partition coefficient (Wildman–Crippen LogP) is 3.45. The number of nitrogens with zero attached hydrogens (tertiary/aromatic N) is 1. The fourth-order valence-electron chi connectivity index (χ4n) is 4.39. The molecule has 1 amide bonds. The van der Waals surface area contributed by atoms with E-state index in [0.717, 1.165) is 74.6 Å². The quantitative estimate of drug-likeness (QED) is 0.808. The minimum Gasteiger partial charge on any atom is -0.381 e. The van der Waals surface area contributed by atoms with Crippen molar-refractivity contribution in [2.45, 2.75) is 44.0 Å². The van der Waals surface area contributed by atoms with Gasteiger partial charge >= 0.3 is 0 Å². The van der Waals surface area contributed by atoms with E-state index in [9.17, 15) is 4.79 Å². The molecule has 0 radical (unpaired) electrons. The summed E-state index contributed by atoms with van der Waals surface area (Å²) in [5.41, 5.74) is 3.13. The van der Waals surface area contributed by atoms with Gasteiger partial charge in [-0.05, 0) is 51.2 Å². The summed E-state index contributed by atoms with van der Waals surface area (Å²) in [6, 6.07) is 6.12. The summed E-state index contributed by atoms with van der Waals surface area (Å²) < 4.78 is 11.9. The van der Waals surface area contributed by atoms with E-state index in [-0.39, 0.29) is 10.7 Å².